The van der Waals surface area contributed by atoms with Crippen LogP contribution in [0.5, 0.6) is 0 Å². The molecule has 1 rings (SSSR count). The third-order valence-electron chi connectivity index (χ3n) is 4.22. The normalized spacial score (nSPS) is 20.5. The smallest absolute Gasteiger partial charge is 0.250 e. The number of carbonyl (C=O) groups is 1. The highest BCUT2D eigenvalue weighted by atomic mass is 35.5. The van der Waals surface area contributed by atoms with Crippen molar-refractivity contribution in [3.63, 3.8) is 0 Å². The number of carbonyl (C=O) groups excluding carboxylic acids is 1. The Hall–Kier alpha value is -0.320. The van der Waals surface area contributed by atoms with Gasteiger partial charge in [-0.15, -0.1) is 12.4 Å². The largest absolute Gasteiger partial charge is 0.382 e. The summed E-state index contributed by atoms with van der Waals surface area (Å²) in [6, 6.07) is -0.358. The molecule has 0 aromatic rings. The first kappa shape index (κ1) is 20.7. The van der Waals surface area contributed by atoms with E-state index in [1.165, 1.54) is 32.1 Å². The second-order valence-electron chi connectivity index (χ2n) is 6.89. The summed E-state index contributed by atoms with van der Waals surface area (Å²) in [6.07, 6.45) is 6.78. The minimum Gasteiger partial charge on any atom is -0.382 e. The van der Waals surface area contributed by atoms with Crippen LogP contribution in [-0.4, -0.2) is 29.2 Å². The number of nitrogens with two attached hydrogens (primary N) is 1. The molecule has 0 aliphatic heterocycles. The maximum atomic E-state index is 12.0. The summed E-state index contributed by atoms with van der Waals surface area (Å²) >= 11 is 0. The molecule has 0 radical (unpaired) electrons. The zero-order valence-electron chi connectivity index (χ0n) is 13.7. The summed E-state index contributed by atoms with van der Waals surface area (Å²) in [5.74, 6) is 0.786. The second-order valence-corrected chi connectivity index (χ2v) is 6.89. The second kappa shape index (κ2) is 10.4. The van der Waals surface area contributed by atoms with Crippen molar-refractivity contribution >= 4 is 18.3 Å². The molecule has 0 bridgehead atoms. The summed E-state index contributed by atoms with van der Waals surface area (Å²) in [5, 5.41) is 12.9. The van der Waals surface area contributed by atoms with Crippen molar-refractivity contribution in [3.05, 3.63) is 0 Å². The molecule has 1 aliphatic carbocycles. The van der Waals surface area contributed by atoms with E-state index in [0.717, 1.165) is 12.8 Å². The Morgan fingerprint density at radius 3 is 2.33 bits per heavy atom. The van der Waals surface area contributed by atoms with Gasteiger partial charge in [-0.05, 0) is 31.6 Å². The first-order chi connectivity index (χ1) is 9.40. The van der Waals surface area contributed by atoms with Crippen LogP contribution in [-0.2, 0) is 4.79 Å². The predicted octanol–water partition coefficient (Wildman–Crippen LogP) is 2.62. The number of amides is 1. The number of aliphatic hydroxyl groups excluding tert-OH is 1. The number of aliphatic hydroxyl groups is 1. The van der Waals surface area contributed by atoms with Gasteiger partial charge in [0.25, 0.3) is 5.91 Å². The fourth-order valence-electron chi connectivity index (χ4n) is 3.23. The lowest BCUT2D eigenvalue weighted by Crippen LogP contribution is -2.49. The van der Waals surface area contributed by atoms with Gasteiger partial charge < -0.3 is 16.2 Å². The van der Waals surface area contributed by atoms with Crippen molar-refractivity contribution in [2.75, 3.05) is 0 Å². The SMILES string of the molecule is CC(C)CC(C)NC(=O)C(O)[C@H](N)CC1CCCCC1.Cl. The number of nitrogens with one attached hydrogen (secondary N) is 1. The van der Waals surface area contributed by atoms with Gasteiger partial charge in [0.05, 0.1) is 0 Å². The molecule has 4 nitrogen and oxygen atoms in total. The number of rotatable bonds is 7. The van der Waals surface area contributed by atoms with E-state index in [1.807, 2.05) is 6.92 Å². The molecule has 0 aromatic carbocycles. The van der Waals surface area contributed by atoms with Crippen molar-refractivity contribution in [1.29, 1.82) is 0 Å². The summed E-state index contributed by atoms with van der Waals surface area (Å²) < 4.78 is 0. The lowest BCUT2D eigenvalue weighted by molar-refractivity contribution is -0.131. The molecule has 3 atom stereocenters. The summed E-state index contributed by atoms with van der Waals surface area (Å²) in [7, 11) is 0. The van der Waals surface area contributed by atoms with Crippen LogP contribution >= 0.6 is 12.4 Å². The average Bonchev–Trinajstić information content (AvgIpc) is 2.37. The Labute approximate surface area is 135 Å². The summed E-state index contributed by atoms with van der Waals surface area (Å²) in [4.78, 5) is 12.0. The van der Waals surface area contributed by atoms with Gasteiger partial charge in [0, 0.05) is 12.1 Å². The Balaban J connectivity index is 0.00000400. The van der Waals surface area contributed by atoms with Gasteiger partial charge in [0.2, 0.25) is 0 Å². The highest BCUT2D eigenvalue weighted by molar-refractivity contribution is 5.85. The van der Waals surface area contributed by atoms with Gasteiger partial charge in [-0.1, -0.05) is 46.0 Å². The van der Waals surface area contributed by atoms with Gasteiger partial charge >= 0.3 is 0 Å². The lowest BCUT2D eigenvalue weighted by Gasteiger charge is -2.27. The highest BCUT2D eigenvalue weighted by Gasteiger charge is 2.27. The molecule has 1 amide bonds. The first-order valence-corrected chi connectivity index (χ1v) is 8.14. The third-order valence-corrected chi connectivity index (χ3v) is 4.22. The average molecular weight is 321 g/mol. The van der Waals surface area contributed by atoms with Crippen molar-refractivity contribution in [1.82, 2.24) is 5.32 Å². The van der Waals surface area contributed by atoms with Crippen LogP contribution in [0.2, 0.25) is 0 Å². The molecule has 0 spiro atoms. The minimum absolute atomic E-state index is 0. The summed E-state index contributed by atoms with van der Waals surface area (Å²) in [6.45, 7) is 6.21. The molecule has 0 saturated heterocycles. The molecule has 0 heterocycles. The van der Waals surface area contributed by atoms with Crippen LogP contribution in [0, 0.1) is 11.8 Å². The van der Waals surface area contributed by atoms with Crippen LogP contribution in [0.4, 0.5) is 0 Å². The number of hydrogen-bond acceptors (Lipinski definition) is 3. The third kappa shape index (κ3) is 8.03. The van der Waals surface area contributed by atoms with Gasteiger partial charge in [-0.25, -0.2) is 0 Å². The monoisotopic (exact) mass is 320 g/mol. The van der Waals surface area contributed by atoms with E-state index in [1.54, 1.807) is 0 Å². The van der Waals surface area contributed by atoms with E-state index >= 15 is 0 Å². The van der Waals surface area contributed by atoms with E-state index < -0.39 is 12.1 Å². The molecule has 1 fully saturated rings. The maximum absolute atomic E-state index is 12.0. The molecule has 0 aromatic heterocycles. The van der Waals surface area contributed by atoms with E-state index in [0.29, 0.717) is 11.8 Å². The van der Waals surface area contributed by atoms with E-state index in [4.69, 9.17) is 5.73 Å². The quantitative estimate of drug-likeness (QED) is 0.675. The van der Waals surface area contributed by atoms with Crippen molar-refractivity contribution in [2.24, 2.45) is 17.6 Å². The van der Waals surface area contributed by atoms with Crippen molar-refractivity contribution in [3.8, 4) is 0 Å². The van der Waals surface area contributed by atoms with E-state index in [2.05, 4.69) is 19.2 Å². The molecule has 2 unspecified atom stereocenters. The minimum atomic E-state index is -1.08. The molecular weight excluding hydrogens is 288 g/mol. The zero-order chi connectivity index (χ0) is 15.1. The van der Waals surface area contributed by atoms with Crippen LogP contribution in [0.25, 0.3) is 0 Å². The molecule has 126 valence electrons. The Morgan fingerprint density at radius 2 is 1.81 bits per heavy atom. The van der Waals surface area contributed by atoms with Gasteiger partial charge in [-0.3, -0.25) is 4.79 Å². The van der Waals surface area contributed by atoms with Gasteiger partial charge in [0.15, 0.2) is 0 Å². The zero-order valence-corrected chi connectivity index (χ0v) is 14.5. The predicted molar refractivity (Wildman–Crippen MR) is 89.5 cm³/mol. The topological polar surface area (TPSA) is 75.3 Å². The highest BCUT2D eigenvalue weighted by Crippen LogP contribution is 2.27. The van der Waals surface area contributed by atoms with Crippen molar-refractivity contribution in [2.45, 2.75) is 83.9 Å². The number of hydrogen-bond donors (Lipinski definition) is 3. The fourth-order valence-corrected chi connectivity index (χ4v) is 3.23. The fraction of sp³-hybridized carbons (Fsp3) is 0.938. The molecule has 4 N–H and O–H groups in total. The molecular formula is C16H33ClN2O2. The Bertz CT molecular complexity index is 294. The van der Waals surface area contributed by atoms with Gasteiger partial charge in [-0.2, -0.15) is 0 Å². The maximum Gasteiger partial charge on any atom is 0.250 e. The molecule has 21 heavy (non-hydrogen) atoms. The van der Waals surface area contributed by atoms with Crippen LogP contribution < -0.4 is 11.1 Å². The summed E-state index contributed by atoms with van der Waals surface area (Å²) in [5.41, 5.74) is 6.02. The molecule has 5 heteroatoms. The molecule has 1 saturated carbocycles. The number of halogens is 1. The van der Waals surface area contributed by atoms with E-state index in [-0.39, 0.29) is 24.4 Å². The lowest BCUT2D eigenvalue weighted by atomic mass is 9.84. The van der Waals surface area contributed by atoms with Crippen LogP contribution in [0.1, 0.15) is 65.7 Å². The van der Waals surface area contributed by atoms with Crippen LogP contribution in [0.15, 0.2) is 0 Å². The van der Waals surface area contributed by atoms with E-state index in [9.17, 15) is 9.90 Å². The standard InChI is InChI=1S/C16H32N2O2.ClH/c1-11(2)9-12(3)18-16(20)15(19)14(17)10-13-7-5-4-6-8-13;/h11-15,19H,4-10,17H2,1-3H3,(H,18,20);1H/t12?,14-,15?;/m1./s1. The van der Waals surface area contributed by atoms with Gasteiger partial charge in [0.1, 0.15) is 6.10 Å². The Morgan fingerprint density at radius 1 is 1.24 bits per heavy atom. The molecule has 1 aliphatic rings. The van der Waals surface area contributed by atoms with Crippen LogP contribution in [0.3, 0.4) is 0 Å². The first-order valence-electron chi connectivity index (χ1n) is 8.14. The van der Waals surface area contributed by atoms with Crippen molar-refractivity contribution < 1.29 is 9.90 Å². The Kier molecular flexibility index (Phi) is 10.3.